The number of carboxylic acids is 1. The van der Waals surface area contributed by atoms with Crippen LogP contribution in [0.25, 0.3) is 0 Å². The summed E-state index contributed by atoms with van der Waals surface area (Å²) in [6, 6.07) is 0. The van der Waals surface area contributed by atoms with Gasteiger partial charge in [0.15, 0.2) is 11.5 Å². The molecule has 1 heterocycles. The molecule has 0 spiro atoms. The molecular weight excluding hydrogens is 160 g/mol. The maximum Gasteiger partial charge on any atom is 0.356 e. The van der Waals surface area contributed by atoms with Crippen LogP contribution in [-0.4, -0.2) is 26.8 Å². The fraction of sp³-hybridized carbons (Fsp3) is 0.143. The van der Waals surface area contributed by atoms with Crippen molar-refractivity contribution >= 4 is 11.8 Å². The Balaban J connectivity index is 3.01. The van der Waals surface area contributed by atoms with Gasteiger partial charge in [-0.05, 0) is 0 Å². The second-order valence-electron chi connectivity index (χ2n) is 2.15. The van der Waals surface area contributed by atoms with Gasteiger partial charge in [-0.25, -0.2) is 14.8 Å². The van der Waals surface area contributed by atoms with Crippen molar-refractivity contribution in [3.63, 3.8) is 0 Å². The zero-order chi connectivity index (χ0) is 9.14. The quantitative estimate of drug-likeness (QED) is 0.642. The molecule has 1 N–H and O–H groups in total. The van der Waals surface area contributed by atoms with Gasteiger partial charge in [-0.1, -0.05) is 0 Å². The van der Waals surface area contributed by atoms with Gasteiger partial charge >= 0.3 is 5.97 Å². The van der Waals surface area contributed by atoms with E-state index >= 15 is 0 Å². The number of carbonyl (C=O) groups is 2. The number of ketones is 1. The fourth-order valence-electron chi connectivity index (χ4n) is 0.620. The Hall–Kier alpha value is -1.78. The second kappa shape index (κ2) is 3.08. The van der Waals surface area contributed by atoms with E-state index in [4.69, 9.17) is 5.11 Å². The Labute approximate surface area is 68.1 Å². The van der Waals surface area contributed by atoms with E-state index in [0.29, 0.717) is 0 Å². The van der Waals surface area contributed by atoms with Gasteiger partial charge < -0.3 is 5.11 Å². The number of hydrogen-bond acceptors (Lipinski definition) is 4. The van der Waals surface area contributed by atoms with E-state index in [1.165, 1.54) is 6.92 Å². The molecule has 5 heteroatoms. The first kappa shape index (κ1) is 8.32. The molecule has 0 unspecified atom stereocenters. The lowest BCUT2D eigenvalue weighted by molar-refractivity contribution is 0.0689. The molecule has 0 aliphatic rings. The zero-order valence-electron chi connectivity index (χ0n) is 6.31. The highest BCUT2D eigenvalue weighted by Gasteiger charge is 2.06. The SMILES string of the molecule is CC(=O)c1cnc(C(=O)O)cn1. The molecule has 0 fully saturated rings. The van der Waals surface area contributed by atoms with Crippen LogP contribution in [-0.2, 0) is 0 Å². The smallest absolute Gasteiger partial charge is 0.356 e. The topological polar surface area (TPSA) is 80.2 Å². The molecule has 0 saturated carbocycles. The third-order valence-corrected chi connectivity index (χ3v) is 1.23. The number of rotatable bonds is 2. The minimum absolute atomic E-state index is 0.167. The predicted molar refractivity (Wildman–Crippen MR) is 39.0 cm³/mol. The van der Waals surface area contributed by atoms with Crippen molar-refractivity contribution in [1.82, 2.24) is 9.97 Å². The van der Waals surface area contributed by atoms with Gasteiger partial charge in [-0.3, -0.25) is 4.79 Å². The summed E-state index contributed by atoms with van der Waals surface area (Å²) in [4.78, 5) is 28.1. The number of aromatic carboxylic acids is 1. The van der Waals surface area contributed by atoms with Crippen LogP contribution in [0.4, 0.5) is 0 Å². The summed E-state index contributed by atoms with van der Waals surface area (Å²) in [7, 11) is 0. The Morgan fingerprint density at radius 1 is 1.25 bits per heavy atom. The zero-order valence-corrected chi connectivity index (χ0v) is 6.31. The summed E-state index contributed by atoms with van der Waals surface area (Å²) in [6.07, 6.45) is 2.20. The van der Waals surface area contributed by atoms with Crippen LogP contribution in [0.1, 0.15) is 27.9 Å². The van der Waals surface area contributed by atoms with Crippen molar-refractivity contribution < 1.29 is 14.7 Å². The van der Waals surface area contributed by atoms with Crippen molar-refractivity contribution in [1.29, 1.82) is 0 Å². The lowest BCUT2D eigenvalue weighted by Crippen LogP contribution is -2.04. The highest BCUT2D eigenvalue weighted by molar-refractivity contribution is 5.92. The molecule has 1 aromatic rings. The van der Waals surface area contributed by atoms with Crippen LogP contribution in [0.2, 0.25) is 0 Å². The average Bonchev–Trinajstić information content (AvgIpc) is 2.04. The van der Waals surface area contributed by atoms with Crippen molar-refractivity contribution in [3.8, 4) is 0 Å². The number of carboxylic acid groups (broad SMARTS) is 1. The molecular formula is C7H6N2O3. The third kappa shape index (κ3) is 1.63. The Bertz CT molecular complexity index is 285. The molecule has 12 heavy (non-hydrogen) atoms. The van der Waals surface area contributed by atoms with Crippen molar-refractivity contribution in [3.05, 3.63) is 23.8 Å². The van der Waals surface area contributed by atoms with Gasteiger partial charge in [0.05, 0.1) is 12.4 Å². The number of hydrogen-bond donors (Lipinski definition) is 1. The van der Waals surface area contributed by atoms with Gasteiger partial charge in [-0.15, -0.1) is 0 Å². The first-order chi connectivity index (χ1) is 5.61. The van der Waals surface area contributed by atoms with E-state index in [1.54, 1.807) is 0 Å². The molecule has 1 aromatic heterocycles. The van der Waals surface area contributed by atoms with E-state index in [9.17, 15) is 9.59 Å². The maximum atomic E-state index is 10.7. The first-order valence-electron chi connectivity index (χ1n) is 3.17. The first-order valence-corrected chi connectivity index (χ1v) is 3.17. The van der Waals surface area contributed by atoms with Crippen molar-refractivity contribution in [2.24, 2.45) is 0 Å². The van der Waals surface area contributed by atoms with Crippen LogP contribution in [0.15, 0.2) is 12.4 Å². The van der Waals surface area contributed by atoms with Crippen LogP contribution >= 0.6 is 0 Å². The van der Waals surface area contributed by atoms with E-state index < -0.39 is 5.97 Å². The summed E-state index contributed by atoms with van der Waals surface area (Å²) < 4.78 is 0. The van der Waals surface area contributed by atoms with Gasteiger partial charge in [-0.2, -0.15) is 0 Å². The predicted octanol–water partition coefficient (Wildman–Crippen LogP) is 0.377. The average molecular weight is 166 g/mol. The molecule has 0 amide bonds. The fourth-order valence-corrected chi connectivity index (χ4v) is 0.620. The number of Topliss-reactive ketones (excluding diaryl/α,β-unsaturated/α-hetero) is 1. The molecule has 0 aromatic carbocycles. The molecule has 0 aliphatic heterocycles. The number of aromatic nitrogens is 2. The largest absolute Gasteiger partial charge is 0.476 e. The minimum Gasteiger partial charge on any atom is -0.476 e. The van der Waals surface area contributed by atoms with Crippen molar-refractivity contribution in [2.45, 2.75) is 6.92 Å². The highest BCUT2D eigenvalue weighted by Crippen LogP contribution is 1.95. The van der Waals surface area contributed by atoms with Gasteiger partial charge in [0.2, 0.25) is 0 Å². The van der Waals surface area contributed by atoms with E-state index in [2.05, 4.69) is 9.97 Å². The molecule has 0 aliphatic carbocycles. The molecule has 62 valence electrons. The summed E-state index contributed by atoms with van der Waals surface area (Å²) in [5, 5.41) is 8.43. The monoisotopic (exact) mass is 166 g/mol. The van der Waals surface area contributed by atoms with Crippen LogP contribution in [0, 0.1) is 0 Å². The number of carbonyl (C=O) groups excluding carboxylic acids is 1. The van der Waals surface area contributed by atoms with E-state index in [1.807, 2.05) is 0 Å². The van der Waals surface area contributed by atoms with Crippen LogP contribution < -0.4 is 0 Å². The standard InChI is InChI=1S/C7H6N2O3/c1-4(10)5-2-9-6(3-8-5)7(11)12/h2-3H,1H3,(H,11,12). The van der Waals surface area contributed by atoms with Crippen LogP contribution in [0.3, 0.4) is 0 Å². The molecule has 0 bridgehead atoms. The summed E-state index contributed by atoms with van der Waals surface area (Å²) in [5.74, 6) is -1.39. The summed E-state index contributed by atoms with van der Waals surface area (Å²) in [5.41, 5.74) is 0.000000000000000666. The third-order valence-electron chi connectivity index (χ3n) is 1.23. The lowest BCUT2D eigenvalue weighted by atomic mass is 10.3. The summed E-state index contributed by atoms with van der Waals surface area (Å²) in [6.45, 7) is 1.34. The molecule has 1 rings (SSSR count). The second-order valence-corrected chi connectivity index (χ2v) is 2.15. The van der Waals surface area contributed by atoms with E-state index in [-0.39, 0.29) is 17.2 Å². The highest BCUT2D eigenvalue weighted by atomic mass is 16.4. The van der Waals surface area contributed by atoms with Gasteiger partial charge in [0, 0.05) is 6.92 Å². The Kier molecular flexibility index (Phi) is 2.14. The Morgan fingerprint density at radius 2 is 1.75 bits per heavy atom. The lowest BCUT2D eigenvalue weighted by Gasteiger charge is -1.93. The van der Waals surface area contributed by atoms with E-state index in [0.717, 1.165) is 12.4 Å². The van der Waals surface area contributed by atoms with Crippen molar-refractivity contribution in [2.75, 3.05) is 0 Å². The normalized spacial score (nSPS) is 9.42. The van der Waals surface area contributed by atoms with Gasteiger partial charge in [0.1, 0.15) is 5.69 Å². The number of nitrogens with zero attached hydrogens (tertiary/aromatic N) is 2. The minimum atomic E-state index is -1.15. The van der Waals surface area contributed by atoms with Crippen LogP contribution in [0.5, 0.6) is 0 Å². The molecule has 5 nitrogen and oxygen atoms in total. The van der Waals surface area contributed by atoms with Gasteiger partial charge in [0.25, 0.3) is 0 Å². The molecule has 0 atom stereocenters. The Morgan fingerprint density at radius 3 is 2.08 bits per heavy atom. The maximum absolute atomic E-state index is 10.7. The molecule has 0 saturated heterocycles. The summed E-state index contributed by atoms with van der Waals surface area (Å²) >= 11 is 0. The molecule has 0 radical (unpaired) electrons.